The van der Waals surface area contributed by atoms with E-state index in [-0.39, 0.29) is 23.1 Å². The first-order valence-corrected chi connectivity index (χ1v) is 7.83. The fourth-order valence-electron chi connectivity index (χ4n) is 3.62. The van der Waals surface area contributed by atoms with Crippen LogP contribution in [-0.2, 0) is 9.59 Å². The Bertz CT molecular complexity index is 364. The molecule has 5 nitrogen and oxygen atoms in total. The SMILES string of the molecule is NCC1(CC(=O)N2CCCC(C(N)=O)C2)CCCCC1. The molecule has 2 amide bonds. The zero-order chi connectivity index (χ0) is 14.6. The second-order valence-electron chi connectivity index (χ2n) is 6.52. The van der Waals surface area contributed by atoms with Gasteiger partial charge in [-0.15, -0.1) is 0 Å². The van der Waals surface area contributed by atoms with Crippen molar-refractivity contribution >= 4 is 11.8 Å². The number of nitrogens with two attached hydrogens (primary N) is 2. The van der Waals surface area contributed by atoms with Crippen LogP contribution < -0.4 is 11.5 Å². The summed E-state index contributed by atoms with van der Waals surface area (Å²) in [6.45, 7) is 1.84. The molecule has 1 aliphatic carbocycles. The maximum absolute atomic E-state index is 12.5. The summed E-state index contributed by atoms with van der Waals surface area (Å²) in [6, 6.07) is 0. The van der Waals surface area contributed by atoms with Crippen molar-refractivity contribution in [3.8, 4) is 0 Å². The number of amides is 2. The number of rotatable bonds is 4. The van der Waals surface area contributed by atoms with E-state index < -0.39 is 0 Å². The van der Waals surface area contributed by atoms with Crippen LogP contribution in [0.1, 0.15) is 51.4 Å². The molecular weight excluding hydrogens is 254 g/mol. The highest BCUT2D eigenvalue weighted by molar-refractivity contribution is 5.80. The molecular formula is C15H27N3O2. The van der Waals surface area contributed by atoms with E-state index in [1.54, 1.807) is 0 Å². The molecule has 114 valence electrons. The van der Waals surface area contributed by atoms with Crippen LogP contribution in [0.2, 0.25) is 0 Å². The number of hydrogen-bond acceptors (Lipinski definition) is 3. The van der Waals surface area contributed by atoms with Crippen molar-refractivity contribution in [3.05, 3.63) is 0 Å². The van der Waals surface area contributed by atoms with E-state index in [2.05, 4.69) is 0 Å². The lowest BCUT2D eigenvalue weighted by Gasteiger charge is -2.39. The molecule has 2 fully saturated rings. The molecule has 1 heterocycles. The van der Waals surface area contributed by atoms with Crippen molar-refractivity contribution in [2.75, 3.05) is 19.6 Å². The molecule has 2 aliphatic rings. The standard InChI is InChI=1S/C15H27N3O2/c16-11-15(6-2-1-3-7-15)9-13(19)18-8-4-5-12(10-18)14(17)20/h12H,1-11,16H2,(H2,17,20). The highest BCUT2D eigenvalue weighted by Crippen LogP contribution is 2.39. The molecule has 1 aliphatic heterocycles. The summed E-state index contributed by atoms with van der Waals surface area (Å²) in [5, 5.41) is 0. The Kier molecular flexibility index (Phi) is 5.02. The normalized spacial score (nSPS) is 26.2. The van der Waals surface area contributed by atoms with Crippen LogP contribution in [-0.4, -0.2) is 36.3 Å². The smallest absolute Gasteiger partial charge is 0.223 e. The lowest BCUT2D eigenvalue weighted by molar-refractivity contribution is -0.137. The zero-order valence-electron chi connectivity index (χ0n) is 12.3. The Labute approximate surface area is 121 Å². The van der Waals surface area contributed by atoms with Gasteiger partial charge in [0.2, 0.25) is 11.8 Å². The average Bonchev–Trinajstić information content (AvgIpc) is 2.48. The van der Waals surface area contributed by atoms with E-state index in [1.807, 2.05) is 4.90 Å². The monoisotopic (exact) mass is 281 g/mol. The molecule has 2 rings (SSSR count). The third-order valence-electron chi connectivity index (χ3n) is 5.05. The summed E-state index contributed by atoms with van der Waals surface area (Å²) >= 11 is 0. The molecule has 0 radical (unpaired) electrons. The van der Waals surface area contributed by atoms with Gasteiger partial charge in [0, 0.05) is 19.5 Å². The molecule has 1 unspecified atom stereocenters. The first kappa shape index (κ1) is 15.3. The summed E-state index contributed by atoms with van der Waals surface area (Å²) in [4.78, 5) is 25.6. The van der Waals surface area contributed by atoms with Crippen LogP contribution in [0.3, 0.4) is 0 Å². The summed E-state index contributed by atoms with van der Waals surface area (Å²) in [6.07, 6.45) is 7.93. The predicted molar refractivity (Wildman–Crippen MR) is 77.7 cm³/mol. The van der Waals surface area contributed by atoms with Gasteiger partial charge < -0.3 is 16.4 Å². The van der Waals surface area contributed by atoms with Crippen LogP contribution in [0.5, 0.6) is 0 Å². The van der Waals surface area contributed by atoms with E-state index in [0.717, 1.165) is 32.2 Å². The first-order chi connectivity index (χ1) is 9.56. The van der Waals surface area contributed by atoms with Crippen LogP contribution in [0.15, 0.2) is 0 Å². The lowest BCUT2D eigenvalue weighted by Crippen LogP contribution is -2.46. The minimum atomic E-state index is -0.284. The number of piperidine rings is 1. The quantitative estimate of drug-likeness (QED) is 0.806. The molecule has 5 heteroatoms. The van der Waals surface area contributed by atoms with Gasteiger partial charge in [0.05, 0.1) is 5.92 Å². The van der Waals surface area contributed by atoms with Crippen molar-refractivity contribution in [2.45, 2.75) is 51.4 Å². The molecule has 4 N–H and O–H groups in total. The van der Waals surface area contributed by atoms with Crippen molar-refractivity contribution < 1.29 is 9.59 Å². The molecule has 1 saturated heterocycles. The summed E-state index contributed by atoms with van der Waals surface area (Å²) < 4.78 is 0. The van der Waals surface area contributed by atoms with Gasteiger partial charge in [0.25, 0.3) is 0 Å². The van der Waals surface area contributed by atoms with E-state index in [4.69, 9.17) is 11.5 Å². The summed E-state index contributed by atoms with van der Waals surface area (Å²) in [5.41, 5.74) is 11.3. The van der Waals surface area contributed by atoms with Crippen molar-refractivity contribution in [3.63, 3.8) is 0 Å². The maximum Gasteiger partial charge on any atom is 0.223 e. The Morgan fingerprint density at radius 3 is 2.45 bits per heavy atom. The number of nitrogens with zero attached hydrogens (tertiary/aromatic N) is 1. The predicted octanol–water partition coefficient (Wildman–Crippen LogP) is 1.01. The number of hydrogen-bond donors (Lipinski definition) is 2. The van der Waals surface area contributed by atoms with Gasteiger partial charge in [0.1, 0.15) is 0 Å². The van der Waals surface area contributed by atoms with Gasteiger partial charge in [0.15, 0.2) is 0 Å². The molecule has 0 bridgehead atoms. The van der Waals surface area contributed by atoms with Gasteiger partial charge in [-0.2, -0.15) is 0 Å². The van der Waals surface area contributed by atoms with Crippen LogP contribution >= 0.6 is 0 Å². The molecule has 0 aromatic rings. The Hall–Kier alpha value is -1.10. The van der Waals surface area contributed by atoms with Gasteiger partial charge in [-0.1, -0.05) is 19.3 Å². The Morgan fingerprint density at radius 2 is 1.85 bits per heavy atom. The average molecular weight is 281 g/mol. The number of carbonyl (C=O) groups excluding carboxylic acids is 2. The number of primary amides is 1. The molecule has 20 heavy (non-hydrogen) atoms. The topological polar surface area (TPSA) is 89.4 Å². The molecule has 1 atom stereocenters. The fraction of sp³-hybridized carbons (Fsp3) is 0.867. The van der Waals surface area contributed by atoms with E-state index in [0.29, 0.717) is 19.5 Å². The fourth-order valence-corrected chi connectivity index (χ4v) is 3.62. The van der Waals surface area contributed by atoms with Crippen LogP contribution in [0.25, 0.3) is 0 Å². The minimum absolute atomic E-state index is 0.00496. The number of likely N-dealkylation sites (tertiary alicyclic amines) is 1. The highest BCUT2D eigenvalue weighted by atomic mass is 16.2. The van der Waals surface area contributed by atoms with Crippen molar-refractivity contribution in [1.29, 1.82) is 0 Å². The van der Waals surface area contributed by atoms with Gasteiger partial charge in [-0.25, -0.2) is 0 Å². The van der Waals surface area contributed by atoms with Crippen molar-refractivity contribution in [1.82, 2.24) is 4.90 Å². The molecule has 0 aromatic carbocycles. The largest absolute Gasteiger partial charge is 0.369 e. The second kappa shape index (κ2) is 6.57. The van der Waals surface area contributed by atoms with E-state index in [9.17, 15) is 9.59 Å². The lowest BCUT2D eigenvalue weighted by atomic mass is 9.71. The first-order valence-electron chi connectivity index (χ1n) is 7.83. The zero-order valence-corrected chi connectivity index (χ0v) is 12.3. The van der Waals surface area contributed by atoms with Gasteiger partial charge in [-0.3, -0.25) is 9.59 Å². The summed E-state index contributed by atoms with van der Waals surface area (Å²) in [7, 11) is 0. The second-order valence-corrected chi connectivity index (χ2v) is 6.52. The van der Waals surface area contributed by atoms with E-state index >= 15 is 0 Å². The third-order valence-corrected chi connectivity index (χ3v) is 5.05. The van der Waals surface area contributed by atoms with Gasteiger partial charge in [-0.05, 0) is 37.6 Å². The number of carbonyl (C=O) groups is 2. The molecule has 0 spiro atoms. The highest BCUT2D eigenvalue weighted by Gasteiger charge is 2.36. The van der Waals surface area contributed by atoms with Crippen LogP contribution in [0.4, 0.5) is 0 Å². The molecule has 0 aromatic heterocycles. The Morgan fingerprint density at radius 1 is 1.15 bits per heavy atom. The third kappa shape index (κ3) is 3.51. The van der Waals surface area contributed by atoms with Crippen molar-refractivity contribution in [2.24, 2.45) is 22.8 Å². The van der Waals surface area contributed by atoms with E-state index in [1.165, 1.54) is 19.3 Å². The van der Waals surface area contributed by atoms with Gasteiger partial charge >= 0.3 is 0 Å². The maximum atomic E-state index is 12.5. The minimum Gasteiger partial charge on any atom is -0.369 e. The van der Waals surface area contributed by atoms with Crippen LogP contribution in [0, 0.1) is 11.3 Å². The molecule has 1 saturated carbocycles. The Balaban J connectivity index is 1.94. The summed E-state index contributed by atoms with van der Waals surface area (Å²) in [5.74, 6) is -0.301.